The number of nitrogens with one attached hydrogen (secondary N) is 1. The van der Waals surface area contributed by atoms with Gasteiger partial charge in [0.05, 0.1) is 6.04 Å². The van der Waals surface area contributed by atoms with Crippen LogP contribution in [0.15, 0.2) is 52.3 Å². The minimum Gasteiger partial charge on any atom is -0.444 e. The van der Waals surface area contributed by atoms with Gasteiger partial charge in [-0.05, 0) is 72.1 Å². The molecule has 0 radical (unpaired) electrons. The Morgan fingerprint density at radius 2 is 1.83 bits per heavy atom. The maximum atomic E-state index is 13.7. The first-order valence-corrected chi connectivity index (χ1v) is 14.9. The van der Waals surface area contributed by atoms with E-state index in [9.17, 15) is 9.59 Å². The molecule has 42 heavy (non-hydrogen) atoms. The molecular weight excluding hydrogens is 552 g/mol. The normalized spacial score (nSPS) is 16.7. The van der Waals surface area contributed by atoms with Crippen molar-refractivity contribution in [3.63, 3.8) is 0 Å². The zero-order valence-corrected chi connectivity index (χ0v) is 25.6. The number of nitrogens with zero attached hydrogens (tertiary/aromatic N) is 5. The Kier molecular flexibility index (Phi) is 8.14. The first-order valence-electron chi connectivity index (χ1n) is 14.0. The lowest BCUT2D eigenvalue weighted by Gasteiger charge is -2.29. The molecule has 4 heterocycles. The van der Waals surface area contributed by atoms with Crippen LogP contribution in [-0.2, 0) is 16.7 Å². The summed E-state index contributed by atoms with van der Waals surface area (Å²) in [6, 6.07) is 13.1. The monoisotopic (exact) mass is 588 g/mol. The van der Waals surface area contributed by atoms with Crippen molar-refractivity contribution in [2.75, 3.05) is 6.54 Å². The predicted octanol–water partition coefficient (Wildman–Crippen LogP) is 6.16. The fraction of sp³-hybridized carbons (Fsp3) is 0.419. The van der Waals surface area contributed by atoms with Gasteiger partial charge in [0.25, 0.3) is 11.8 Å². The zero-order valence-electron chi connectivity index (χ0n) is 24.8. The van der Waals surface area contributed by atoms with Crippen molar-refractivity contribution in [3.8, 4) is 11.6 Å². The van der Waals surface area contributed by atoms with Crippen LogP contribution in [0.5, 0.6) is 0 Å². The lowest BCUT2D eigenvalue weighted by atomic mass is 9.92. The maximum absolute atomic E-state index is 13.7. The van der Waals surface area contributed by atoms with Gasteiger partial charge in [0.1, 0.15) is 21.8 Å². The third kappa shape index (κ3) is 6.67. The Labute approximate surface area is 249 Å². The second-order valence-corrected chi connectivity index (χ2v) is 12.8. The van der Waals surface area contributed by atoms with E-state index in [-0.39, 0.29) is 23.7 Å². The second kappa shape index (κ2) is 11.6. The van der Waals surface area contributed by atoms with Crippen molar-refractivity contribution >= 4 is 23.3 Å². The third-order valence-corrected chi connectivity index (χ3v) is 7.99. The van der Waals surface area contributed by atoms with Crippen LogP contribution in [-0.4, -0.2) is 49.2 Å². The van der Waals surface area contributed by atoms with Crippen molar-refractivity contribution in [2.24, 2.45) is 0 Å². The molecule has 2 amide bonds. The number of aromatic nitrogens is 4. The number of thiazole rings is 1. The molecule has 1 fully saturated rings. The van der Waals surface area contributed by atoms with Gasteiger partial charge in [-0.15, -0.1) is 21.5 Å². The number of hydrogen-bond donors (Lipinski definition) is 1. The van der Waals surface area contributed by atoms with E-state index in [1.165, 1.54) is 0 Å². The predicted molar refractivity (Wildman–Crippen MR) is 159 cm³/mol. The summed E-state index contributed by atoms with van der Waals surface area (Å²) in [6.45, 7) is 11.7. The number of aryl methyl sites for hydroxylation is 2. The van der Waals surface area contributed by atoms with Gasteiger partial charge in [0, 0.05) is 35.3 Å². The van der Waals surface area contributed by atoms with E-state index in [0.717, 1.165) is 29.1 Å². The molecule has 0 saturated carbocycles. The maximum Gasteiger partial charge on any atom is 0.408 e. The van der Waals surface area contributed by atoms with Gasteiger partial charge in [-0.3, -0.25) is 4.79 Å². The number of carbonyl (C=O) groups is 2. The molecule has 4 aromatic rings. The van der Waals surface area contributed by atoms with Crippen molar-refractivity contribution < 1.29 is 18.7 Å². The van der Waals surface area contributed by atoms with Crippen LogP contribution in [0.4, 0.5) is 4.79 Å². The summed E-state index contributed by atoms with van der Waals surface area (Å²) in [7, 11) is 0. The van der Waals surface area contributed by atoms with Gasteiger partial charge in [0.2, 0.25) is 5.89 Å². The smallest absolute Gasteiger partial charge is 0.408 e. The lowest BCUT2D eigenvalue weighted by Crippen LogP contribution is -2.47. The fourth-order valence-corrected chi connectivity index (χ4v) is 6.06. The largest absolute Gasteiger partial charge is 0.444 e. The van der Waals surface area contributed by atoms with Gasteiger partial charge >= 0.3 is 6.09 Å². The molecule has 0 spiro atoms. The number of hydrogen-bond acceptors (Lipinski definition) is 9. The highest BCUT2D eigenvalue weighted by molar-refractivity contribution is 7.09. The van der Waals surface area contributed by atoms with Gasteiger partial charge < -0.3 is 19.4 Å². The molecule has 1 aromatic carbocycles. The summed E-state index contributed by atoms with van der Waals surface area (Å²) in [5, 5.41) is 14.5. The zero-order chi connectivity index (χ0) is 30.1. The van der Waals surface area contributed by atoms with Gasteiger partial charge in [-0.25, -0.2) is 14.8 Å². The highest BCUT2D eigenvalue weighted by atomic mass is 32.1. The van der Waals surface area contributed by atoms with Crippen LogP contribution >= 0.6 is 11.3 Å². The molecule has 3 aromatic heterocycles. The first-order chi connectivity index (χ1) is 19.9. The van der Waals surface area contributed by atoms with Crippen LogP contribution in [0, 0.1) is 13.8 Å². The lowest BCUT2D eigenvalue weighted by molar-refractivity contribution is 0.0443. The van der Waals surface area contributed by atoms with E-state index < -0.39 is 17.2 Å². The van der Waals surface area contributed by atoms with Gasteiger partial charge in [-0.2, -0.15) is 0 Å². The minimum absolute atomic E-state index is 0.0410. The Morgan fingerprint density at radius 1 is 1.07 bits per heavy atom. The Balaban J connectivity index is 1.44. The molecule has 1 N–H and O–H groups in total. The second-order valence-electron chi connectivity index (χ2n) is 11.9. The van der Waals surface area contributed by atoms with E-state index in [2.05, 4.69) is 25.5 Å². The van der Waals surface area contributed by atoms with Crippen LogP contribution in [0.3, 0.4) is 0 Å². The summed E-state index contributed by atoms with van der Waals surface area (Å²) >= 11 is 1.59. The fourth-order valence-electron chi connectivity index (χ4n) is 5.12. The van der Waals surface area contributed by atoms with Crippen LogP contribution < -0.4 is 5.32 Å². The molecule has 1 aliphatic rings. The van der Waals surface area contributed by atoms with Crippen molar-refractivity contribution in [1.29, 1.82) is 0 Å². The number of ether oxygens (including phenoxy) is 1. The average molecular weight is 589 g/mol. The number of pyridine rings is 1. The Morgan fingerprint density at radius 3 is 2.52 bits per heavy atom. The summed E-state index contributed by atoms with van der Waals surface area (Å²) in [4.78, 5) is 37.7. The molecule has 0 unspecified atom stereocenters. The Hall–Kier alpha value is -4.12. The SMILES string of the molecule is Cc1cc(C(=O)N2CCC[C@@H]2c2nc(C)cs2)cc(-c2nnc([C@@](C)(Cc3ccccc3)NC(=O)OC(C)(C)C)o2)n1. The third-order valence-electron chi connectivity index (χ3n) is 6.93. The number of carbonyl (C=O) groups excluding carboxylic acids is 2. The highest BCUT2D eigenvalue weighted by Gasteiger charge is 2.37. The van der Waals surface area contributed by atoms with Gasteiger partial charge in [-0.1, -0.05) is 30.3 Å². The number of benzene rings is 1. The summed E-state index contributed by atoms with van der Waals surface area (Å²) in [5.41, 5.74) is 1.70. The molecule has 0 aliphatic carbocycles. The van der Waals surface area contributed by atoms with Crippen molar-refractivity contribution in [1.82, 2.24) is 30.4 Å². The van der Waals surface area contributed by atoms with E-state index in [4.69, 9.17) is 9.15 Å². The van der Waals surface area contributed by atoms with E-state index in [1.54, 1.807) is 44.2 Å². The van der Waals surface area contributed by atoms with Crippen LogP contribution in [0.25, 0.3) is 11.6 Å². The quantitative estimate of drug-likeness (QED) is 0.272. The van der Waals surface area contributed by atoms with Crippen LogP contribution in [0.1, 0.15) is 84.8 Å². The molecular formula is C31H36N6O4S. The van der Waals surface area contributed by atoms with Gasteiger partial charge in [0.15, 0.2) is 0 Å². The minimum atomic E-state index is -1.08. The van der Waals surface area contributed by atoms with Crippen LogP contribution in [0.2, 0.25) is 0 Å². The molecule has 1 aliphatic heterocycles. The molecule has 1 saturated heterocycles. The number of alkyl carbamates (subject to hydrolysis) is 1. The van der Waals surface area contributed by atoms with E-state index >= 15 is 0 Å². The van der Waals surface area contributed by atoms with E-state index in [0.29, 0.717) is 29.9 Å². The molecule has 10 nitrogen and oxygen atoms in total. The van der Waals surface area contributed by atoms with E-state index in [1.807, 2.05) is 61.4 Å². The number of likely N-dealkylation sites (tertiary alicyclic amines) is 1. The summed E-state index contributed by atoms with van der Waals surface area (Å²) in [6.07, 6.45) is 1.58. The average Bonchev–Trinajstić information content (AvgIpc) is 3.68. The standard InChI is InChI=1S/C31H36N6O4S/c1-19-15-22(27(38)37-14-10-13-24(37)26-33-20(2)18-42-26)16-23(32-19)25-35-36-28(40-25)31(6,17-21-11-8-7-9-12-21)34-29(39)41-30(3,4)5/h7-9,11-12,15-16,18,24H,10,13-14,17H2,1-6H3,(H,34,39)/t24-,31-/m1/s1. The molecule has 2 atom stereocenters. The van der Waals surface area contributed by atoms with Crippen molar-refractivity contribution in [3.05, 3.63) is 81.3 Å². The van der Waals surface area contributed by atoms with Crippen molar-refractivity contribution in [2.45, 2.75) is 78.0 Å². The Bertz CT molecular complexity index is 1580. The molecule has 0 bridgehead atoms. The summed E-state index contributed by atoms with van der Waals surface area (Å²) < 4.78 is 11.7. The first kappa shape index (κ1) is 29.4. The highest BCUT2D eigenvalue weighted by Crippen LogP contribution is 2.35. The molecule has 11 heteroatoms. The number of rotatable bonds is 7. The molecule has 220 valence electrons. The molecule has 5 rings (SSSR count). The summed E-state index contributed by atoms with van der Waals surface area (Å²) in [5.74, 6) is 0.265. The number of amides is 2. The topological polar surface area (TPSA) is 123 Å².